The Hall–Kier alpha value is -6.37. The predicted octanol–water partition coefficient (Wildman–Crippen LogP) is 4.03. The summed E-state index contributed by atoms with van der Waals surface area (Å²) in [7, 11) is 0. The van der Waals surface area contributed by atoms with E-state index in [0.29, 0.717) is 41.7 Å². The van der Waals surface area contributed by atoms with E-state index in [1.165, 1.54) is 26.8 Å². The molecule has 0 bridgehead atoms. The Kier molecular flexibility index (Phi) is 13.7. The number of cyclic esters (lactones) is 1. The molecule has 0 spiro atoms. The third-order valence-corrected chi connectivity index (χ3v) is 13.1. The van der Waals surface area contributed by atoms with E-state index < -0.39 is 59.6 Å². The highest BCUT2D eigenvalue weighted by atomic mass is 19.1. The van der Waals surface area contributed by atoms with E-state index in [1.807, 2.05) is 36.4 Å². The van der Waals surface area contributed by atoms with Crippen LogP contribution in [-0.4, -0.2) is 87.9 Å². The number of aromatic nitrogens is 2. The van der Waals surface area contributed by atoms with Crippen LogP contribution in [0.25, 0.3) is 33.4 Å². The van der Waals surface area contributed by atoms with Crippen molar-refractivity contribution in [3.05, 3.63) is 122 Å². The first kappa shape index (κ1) is 47.1. The smallest absolute Gasteiger partial charge is 0.343 e. The van der Waals surface area contributed by atoms with Crippen molar-refractivity contribution in [2.24, 2.45) is 0 Å². The van der Waals surface area contributed by atoms with Gasteiger partial charge in [-0.1, -0.05) is 55.5 Å². The minimum atomic E-state index is -1.98. The van der Waals surface area contributed by atoms with Gasteiger partial charge in [-0.3, -0.25) is 24.5 Å². The van der Waals surface area contributed by atoms with Crippen LogP contribution in [-0.2, 0) is 58.6 Å². The van der Waals surface area contributed by atoms with Gasteiger partial charge in [0, 0.05) is 35.1 Å². The van der Waals surface area contributed by atoms with Gasteiger partial charge in [0.25, 0.3) is 5.56 Å². The number of rotatable bonds is 18. The molecule has 3 aliphatic rings. The van der Waals surface area contributed by atoms with Crippen molar-refractivity contribution in [2.75, 3.05) is 19.9 Å². The minimum Gasteiger partial charge on any atom is -0.458 e. The molecule has 17 heteroatoms. The standard InChI is InChI=1S/C50H55FN6O10/c1-6-50(64)39-20-42-43-36(22-57(42)47(61)38(39)24-66-48(50)62)34(35-19-26(2)40(51)21-41(35)56-43)17-11-12-18-65-25-52-44(58)27(3)53-45(59)28(4)54-46(60)29(5)55-49(63)67-23-37-32-15-9-7-13-30(32)31-14-8-10-16-33(31)37/h7-10,13-16,19-21,27-29,37,49,55,63-64H,6,11-12,17-18,22-25H2,1-5H3,(H,52,58)(H,53,59)(H,54,60)/t27?,28?,29?,49?,50-/m0/s1. The number of nitrogens with one attached hydrogen (secondary N) is 4. The number of hydrogen-bond donors (Lipinski definition) is 6. The molecule has 8 rings (SSSR count). The maximum Gasteiger partial charge on any atom is 0.343 e. The quantitative estimate of drug-likeness (QED) is 0.0409. The number of esters is 1. The molecular weight excluding hydrogens is 864 g/mol. The molecule has 3 amide bonds. The molecule has 0 radical (unpaired) electrons. The molecule has 5 aromatic rings. The van der Waals surface area contributed by atoms with E-state index in [2.05, 4.69) is 33.4 Å². The molecule has 2 aromatic heterocycles. The zero-order chi connectivity index (χ0) is 47.7. The monoisotopic (exact) mass is 918 g/mol. The van der Waals surface area contributed by atoms with E-state index in [0.717, 1.165) is 38.8 Å². The van der Waals surface area contributed by atoms with Crippen LogP contribution in [0.5, 0.6) is 0 Å². The van der Waals surface area contributed by atoms with E-state index in [-0.39, 0.29) is 62.1 Å². The number of aliphatic hydroxyl groups excluding tert-OH is 1. The number of unbranched alkanes of at least 4 members (excludes halogenated alkanes) is 1. The fraction of sp³-hybridized carbons (Fsp3) is 0.400. The number of amides is 3. The first-order valence-electron chi connectivity index (χ1n) is 22.6. The number of fused-ring (bicyclic) bond motifs is 8. The Balaban J connectivity index is 0.782. The van der Waals surface area contributed by atoms with Gasteiger partial charge >= 0.3 is 5.97 Å². The summed E-state index contributed by atoms with van der Waals surface area (Å²) >= 11 is 0. The molecule has 4 unspecified atom stereocenters. The topological polar surface area (TPSA) is 219 Å². The Labute approximate surface area is 386 Å². The molecule has 6 N–H and O–H groups in total. The fourth-order valence-electron chi connectivity index (χ4n) is 9.20. The molecule has 0 saturated carbocycles. The maximum absolute atomic E-state index is 14.9. The summed E-state index contributed by atoms with van der Waals surface area (Å²) in [4.78, 5) is 69.9. The number of nitrogens with zero attached hydrogens (tertiary/aromatic N) is 2. The number of carbonyl (C=O) groups is 4. The lowest BCUT2D eigenvalue weighted by molar-refractivity contribution is -0.172. The molecule has 1 aliphatic carbocycles. The minimum absolute atomic E-state index is 0.00842. The second-order valence-corrected chi connectivity index (χ2v) is 17.5. The third-order valence-electron chi connectivity index (χ3n) is 13.1. The largest absolute Gasteiger partial charge is 0.458 e. The highest BCUT2D eigenvalue weighted by Gasteiger charge is 2.45. The van der Waals surface area contributed by atoms with Crippen molar-refractivity contribution < 1.29 is 48.0 Å². The van der Waals surface area contributed by atoms with Gasteiger partial charge in [-0.05, 0) is 98.9 Å². The SMILES string of the molecule is CC[C@@]1(O)C(=O)OCc2c1cc1n(c2=O)Cc2c-1nc1cc(F)c(C)cc1c2CCCCOCNC(=O)C(C)NC(=O)C(C)NC(=O)C(C)NC(O)OCC1c2ccccc2-c2ccccc21. The van der Waals surface area contributed by atoms with E-state index in [9.17, 15) is 38.6 Å². The van der Waals surface area contributed by atoms with E-state index >= 15 is 0 Å². The lowest BCUT2D eigenvalue weighted by atomic mass is 9.86. The molecule has 352 valence electrons. The van der Waals surface area contributed by atoms with Crippen LogP contribution in [0.2, 0.25) is 0 Å². The molecule has 3 aromatic carbocycles. The Morgan fingerprint density at radius 1 is 0.925 bits per heavy atom. The van der Waals surface area contributed by atoms with Crippen molar-refractivity contribution >= 4 is 34.6 Å². The fourth-order valence-corrected chi connectivity index (χ4v) is 9.20. The van der Waals surface area contributed by atoms with Gasteiger partial charge in [-0.25, -0.2) is 14.2 Å². The summed E-state index contributed by atoms with van der Waals surface area (Å²) in [5, 5.41) is 33.2. The van der Waals surface area contributed by atoms with Gasteiger partial charge < -0.3 is 44.9 Å². The van der Waals surface area contributed by atoms with Crippen LogP contribution in [0.4, 0.5) is 4.39 Å². The molecular formula is C50H55FN6O10. The van der Waals surface area contributed by atoms with Crippen molar-refractivity contribution in [2.45, 2.75) is 110 Å². The second kappa shape index (κ2) is 19.5. The first-order valence-corrected chi connectivity index (χ1v) is 22.6. The highest BCUT2D eigenvalue weighted by molar-refractivity contribution is 5.93. The van der Waals surface area contributed by atoms with Crippen LogP contribution in [0.15, 0.2) is 71.5 Å². The number of pyridine rings is 2. The Bertz CT molecular complexity index is 2790. The summed E-state index contributed by atoms with van der Waals surface area (Å²) in [6, 6.07) is 18.0. The Morgan fingerprint density at radius 2 is 1.58 bits per heavy atom. The molecule has 2 aliphatic heterocycles. The molecule has 0 saturated heterocycles. The first-order chi connectivity index (χ1) is 32.1. The van der Waals surface area contributed by atoms with Crippen LogP contribution in [0, 0.1) is 12.7 Å². The van der Waals surface area contributed by atoms with E-state index in [4.69, 9.17) is 19.2 Å². The lowest BCUT2D eigenvalue weighted by Crippen LogP contribution is -2.55. The van der Waals surface area contributed by atoms with Crippen molar-refractivity contribution in [3.63, 3.8) is 0 Å². The van der Waals surface area contributed by atoms with Crippen molar-refractivity contribution in [1.29, 1.82) is 0 Å². The van der Waals surface area contributed by atoms with Crippen LogP contribution in [0.1, 0.15) is 91.8 Å². The molecule has 5 atom stereocenters. The van der Waals surface area contributed by atoms with Gasteiger partial charge in [0.05, 0.1) is 41.7 Å². The molecule has 16 nitrogen and oxygen atoms in total. The van der Waals surface area contributed by atoms with Crippen LogP contribution in [0.3, 0.4) is 0 Å². The number of aryl methyl sites for hydroxylation is 2. The molecule has 4 heterocycles. The highest BCUT2D eigenvalue weighted by Crippen LogP contribution is 2.45. The molecule has 0 fully saturated rings. The van der Waals surface area contributed by atoms with Crippen molar-refractivity contribution in [1.82, 2.24) is 30.8 Å². The van der Waals surface area contributed by atoms with Gasteiger partial charge in [-0.15, -0.1) is 0 Å². The predicted molar refractivity (Wildman–Crippen MR) is 245 cm³/mol. The lowest BCUT2D eigenvalue weighted by Gasteiger charge is -2.31. The summed E-state index contributed by atoms with van der Waals surface area (Å²) in [6.07, 6.45) is 0.315. The van der Waals surface area contributed by atoms with Crippen molar-refractivity contribution in [3.8, 4) is 22.5 Å². The summed E-state index contributed by atoms with van der Waals surface area (Å²) in [5.74, 6) is -2.97. The number of carbonyl (C=O) groups excluding carboxylic acids is 4. The number of aliphatic hydroxyl groups is 2. The second-order valence-electron chi connectivity index (χ2n) is 17.5. The average molecular weight is 919 g/mol. The van der Waals surface area contributed by atoms with Crippen LogP contribution < -0.4 is 26.8 Å². The number of halogens is 1. The number of benzene rings is 3. The number of hydrogen-bond acceptors (Lipinski definition) is 12. The summed E-state index contributed by atoms with van der Waals surface area (Å²) in [5.41, 5.74) is 5.97. The Morgan fingerprint density at radius 3 is 2.27 bits per heavy atom. The normalized spacial score (nSPS) is 17.6. The van der Waals surface area contributed by atoms with Crippen LogP contribution >= 0.6 is 0 Å². The third kappa shape index (κ3) is 9.21. The molecule has 67 heavy (non-hydrogen) atoms. The van der Waals surface area contributed by atoms with Gasteiger partial charge in [0.1, 0.15) is 31.2 Å². The van der Waals surface area contributed by atoms with Gasteiger partial charge in [-0.2, -0.15) is 0 Å². The van der Waals surface area contributed by atoms with Gasteiger partial charge in [0.2, 0.25) is 24.1 Å². The van der Waals surface area contributed by atoms with E-state index in [1.54, 1.807) is 30.5 Å². The summed E-state index contributed by atoms with van der Waals surface area (Å²) < 4.78 is 33.1. The summed E-state index contributed by atoms with van der Waals surface area (Å²) in [6.45, 7) is 8.12. The zero-order valence-electron chi connectivity index (χ0n) is 38.0. The average Bonchev–Trinajstić information content (AvgIpc) is 3.84. The van der Waals surface area contributed by atoms with Gasteiger partial charge in [0.15, 0.2) is 5.60 Å². The zero-order valence-corrected chi connectivity index (χ0v) is 38.0. The maximum atomic E-state index is 14.9. The number of ether oxygens (including phenoxy) is 3.